The normalized spacial score (nSPS) is 10.4. The predicted molar refractivity (Wildman–Crippen MR) is 98.0 cm³/mol. The van der Waals surface area contributed by atoms with Gasteiger partial charge in [0, 0.05) is 39.5 Å². The summed E-state index contributed by atoms with van der Waals surface area (Å²) in [4.78, 5) is 14.5. The number of nitrogens with one attached hydrogen (secondary N) is 2. The number of para-hydroxylation sites is 2. The quantitative estimate of drug-likeness (QED) is 0.695. The number of amides is 1. The van der Waals surface area contributed by atoms with Gasteiger partial charge < -0.3 is 20.3 Å². The number of hydrogen-bond acceptors (Lipinski definition) is 4. The third-order valence-corrected chi connectivity index (χ3v) is 3.72. The Morgan fingerprint density at radius 3 is 2.46 bits per heavy atom. The van der Waals surface area contributed by atoms with Crippen LogP contribution in [0, 0.1) is 0 Å². The molecule has 0 aromatic heterocycles. The smallest absolute Gasteiger partial charge is 0.253 e. The van der Waals surface area contributed by atoms with Gasteiger partial charge in [-0.05, 0) is 24.3 Å². The molecule has 2 aromatic rings. The number of anilines is 2. The van der Waals surface area contributed by atoms with E-state index in [1.807, 2.05) is 66.5 Å². The molecular weight excluding hydrogens is 302 g/mol. The highest BCUT2D eigenvalue weighted by molar-refractivity contribution is 6.00. The Bertz CT molecular complexity index is 632. The molecule has 0 fully saturated rings. The van der Waals surface area contributed by atoms with Crippen LogP contribution in [0.15, 0.2) is 54.6 Å². The molecule has 1 amide bonds. The zero-order chi connectivity index (χ0) is 17.2. The van der Waals surface area contributed by atoms with Crippen LogP contribution in [0.4, 0.5) is 11.4 Å². The fourth-order valence-corrected chi connectivity index (χ4v) is 2.41. The predicted octanol–water partition coefficient (Wildman–Crippen LogP) is 2.42. The van der Waals surface area contributed by atoms with Crippen molar-refractivity contribution in [1.29, 1.82) is 0 Å². The van der Waals surface area contributed by atoms with Crippen LogP contribution >= 0.6 is 0 Å². The van der Waals surface area contributed by atoms with Gasteiger partial charge in [0.2, 0.25) is 0 Å². The fraction of sp³-hybridized carbons (Fsp3) is 0.316. The summed E-state index contributed by atoms with van der Waals surface area (Å²) >= 11 is 0. The standard InChI is InChI=1S/C19H25N3O2/c1-22(16-8-4-3-5-9-16)18-11-7-6-10-17(18)19(23)21-13-12-20-14-15-24-2/h3-11,20H,12-15H2,1-2H3,(H,21,23). The molecule has 0 saturated carbocycles. The largest absolute Gasteiger partial charge is 0.383 e. The van der Waals surface area contributed by atoms with E-state index in [9.17, 15) is 4.79 Å². The lowest BCUT2D eigenvalue weighted by Gasteiger charge is -2.22. The average Bonchev–Trinajstić information content (AvgIpc) is 2.64. The van der Waals surface area contributed by atoms with Crippen molar-refractivity contribution in [2.24, 2.45) is 0 Å². The number of carbonyl (C=O) groups is 1. The molecule has 5 heteroatoms. The maximum atomic E-state index is 12.5. The molecule has 0 bridgehead atoms. The summed E-state index contributed by atoms with van der Waals surface area (Å²) in [6.45, 7) is 2.73. The Labute approximate surface area is 143 Å². The molecule has 0 saturated heterocycles. The second-order valence-electron chi connectivity index (χ2n) is 5.41. The maximum Gasteiger partial charge on any atom is 0.253 e. The first kappa shape index (κ1) is 18.0. The van der Waals surface area contributed by atoms with Gasteiger partial charge >= 0.3 is 0 Å². The Balaban J connectivity index is 1.99. The fourth-order valence-electron chi connectivity index (χ4n) is 2.41. The van der Waals surface area contributed by atoms with Gasteiger partial charge in [-0.25, -0.2) is 0 Å². The summed E-state index contributed by atoms with van der Waals surface area (Å²) in [5.41, 5.74) is 2.59. The second-order valence-corrected chi connectivity index (χ2v) is 5.41. The Kier molecular flexibility index (Phi) is 7.26. The molecular formula is C19H25N3O2. The van der Waals surface area contributed by atoms with E-state index >= 15 is 0 Å². The van der Waals surface area contributed by atoms with Crippen LogP contribution in [0.25, 0.3) is 0 Å². The highest BCUT2D eigenvalue weighted by Crippen LogP contribution is 2.26. The number of nitrogens with zero attached hydrogens (tertiary/aromatic N) is 1. The van der Waals surface area contributed by atoms with E-state index in [2.05, 4.69) is 10.6 Å². The highest BCUT2D eigenvalue weighted by Gasteiger charge is 2.14. The Hall–Kier alpha value is -2.37. The Morgan fingerprint density at radius 1 is 1.00 bits per heavy atom. The van der Waals surface area contributed by atoms with E-state index in [0.29, 0.717) is 25.3 Å². The van der Waals surface area contributed by atoms with Crippen molar-refractivity contribution < 1.29 is 9.53 Å². The number of carbonyl (C=O) groups excluding carboxylic acids is 1. The van der Waals surface area contributed by atoms with Crippen LogP contribution in [0.5, 0.6) is 0 Å². The molecule has 0 aliphatic carbocycles. The summed E-state index contributed by atoms with van der Waals surface area (Å²) in [6, 6.07) is 17.6. The van der Waals surface area contributed by atoms with Crippen molar-refractivity contribution in [2.45, 2.75) is 0 Å². The van der Waals surface area contributed by atoms with Gasteiger partial charge in [0.05, 0.1) is 17.9 Å². The molecule has 0 atom stereocenters. The number of ether oxygens (including phenoxy) is 1. The molecule has 2 N–H and O–H groups in total. The molecule has 0 spiro atoms. The number of hydrogen-bond donors (Lipinski definition) is 2. The van der Waals surface area contributed by atoms with Crippen molar-refractivity contribution in [3.8, 4) is 0 Å². The molecule has 0 radical (unpaired) electrons. The summed E-state index contributed by atoms with van der Waals surface area (Å²) < 4.78 is 4.97. The van der Waals surface area contributed by atoms with Gasteiger partial charge in [0.1, 0.15) is 0 Å². The van der Waals surface area contributed by atoms with E-state index < -0.39 is 0 Å². The summed E-state index contributed by atoms with van der Waals surface area (Å²) in [5, 5.41) is 6.16. The SMILES string of the molecule is COCCNCCNC(=O)c1ccccc1N(C)c1ccccc1. The van der Waals surface area contributed by atoms with E-state index in [4.69, 9.17) is 4.74 Å². The minimum atomic E-state index is -0.0677. The van der Waals surface area contributed by atoms with Crippen molar-refractivity contribution >= 4 is 17.3 Å². The van der Waals surface area contributed by atoms with E-state index in [0.717, 1.165) is 17.9 Å². The van der Waals surface area contributed by atoms with Gasteiger partial charge in [-0.15, -0.1) is 0 Å². The molecule has 2 aromatic carbocycles. The lowest BCUT2D eigenvalue weighted by Crippen LogP contribution is -2.33. The van der Waals surface area contributed by atoms with Gasteiger partial charge in [-0.1, -0.05) is 30.3 Å². The molecule has 0 heterocycles. The van der Waals surface area contributed by atoms with Crippen LogP contribution in [0.3, 0.4) is 0 Å². The van der Waals surface area contributed by atoms with Crippen LogP contribution in [0.1, 0.15) is 10.4 Å². The average molecular weight is 327 g/mol. The molecule has 5 nitrogen and oxygen atoms in total. The molecule has 0 unspecified atom stereocenters. The molecule has 0 aliphatic heterocycles. The lowest BCUT2D eigenvalue weighted by atomic mass is 10.1. The van der Waals surface area contributed by atoms with Gasteiger partial charge in [0.15, 0.2) is 0 Å². The van der Waals surface area contributed by atoms with Crippen molar-refractivity contribution in [1.82, 2.24) is 10.6 Å². The molecule has 24 heavy (non-hydrogen) atoms. The third kappa shape index (κ3) is 5.08. The third-order valence-electron chi connectivity index (χ3n) is 3.72. The van der Waals surface area contributed by atoms with E-state index in [1.165, 1.54) is 0 Å². The van der Waals surface area contributed by atoms with Gasteiger partial charge in [0.25, 0.3) is 5.91 Å². The van der Waals surface area contributed by atoms with Crippen LogP contribution in [0.2, 0.25) is 0 Å². The molecule has 2 rings (SSSR count). The summed E-state index contributed by atoms with van der Waals surface area (Å²) in [6.07, 6.45) is 0. The minimum absolute atomic E-state index is 0.0677. The molecule has 0 aliphatic rings. The first-order valence-corrected chi connectivity index (χ1v) is 8.09. The zero-order valence-electron chi connectivity index (χ0n) is 14.3. The second kappa shape index (κ2) is 9.70. The lowest BCUT2D eigenvalue weighted by molar-refractivity contribution is 0.0954. The highest BCUT2D eigenvalue weighted by atomic mass is 16.5. The van der Waals surface area contributed by atoms with Gasteiger partial charge in [-0.3, -0.25) is 4.79 Å². The van der Waals surface area contributed by atoms with E-state index in [1.54, 1.807) is 7.11 Å². The first-order valence-electron chi connectivity index (χ1n) is 8.09. The molecule has 128 valence electrons. The maximum absolute atomic E-state index is 12.5. The first-order chi connectivity index (χ1) is 11.7. The Morgan fingerprint density at radius 2 is 1.71 bits per heavy atom. The van der Waals surface area contributed by atoms with Gasteiger partial charge in [-0.2, -0.15) is 0 Å². The van der Waals surface area contributed by atoms with E-state index in [-0.39, 0.29) is 5.91 Å². The monoisotopic (exact) mass is 327 g/mol. The van der Waals surface area contributed by atoms with Crippen molar-refractivity contribution in [3.05, 3.63) is 60.2 Å². The van der Waals surface area contributed by atoms with Crippen LogP contribution < -0.4 is 15.5 Å². The number of benzene rings is 2. The summed E-state index contributed by atoms with van der Waals surface area (Å²) in [7, 11) is 3.64. The number of methoxy groups -OCH3 is 1. The van der Waals surface area contributed by atoms with Crippen LogP contribution in [-0.4, -0.2) is 46.3 Å². The van der Waals surface area contributed by atoms with Crippen molar-refractivity contribution in [2.75, 3.05) is 45.3 Å². The van der Waals surface area contributed by atoms with Crippen LogP contribution in [-0.2, 0) is 4.74 Å². The zero-order valence-corrected chi connectivity index (χ0v) is 14.3. The number of rotatable bonds is 9. The summed E-state index contributed by atoms with van der Waals surface area (Å²) in [5.74, 6) is -0.0677. The topological polar surface area (TPSA) is 53.6 Å². The minimum Gasteiger partial charge on any atom is -0.383 e. The van der Waals surface area contributed by atoms with Crippen molar-refractivity contribution in [3.63, 3.8) is 0 Å².